The lowest BCUT2D eigenvalue weighted by molar-refractivity contribution is 0.0696. The summed E-state index contributed by atoms with van der Waals surface area (Å²) < 4.78 is 11.7. The number of carboxylic acid groups (broad SMARTS) is 1. The van der Waals surface area contributed by atoms with Gasteiger partial charge < -0.3 is 14.3 Å². The first-order chi connectivity index (χ1) is 9.77. The van der Waals surface area contributed by atoms with E-state index in [1.165, 1.54) is 12.1 Å². The summed E-state index contributed by atoms with van der Waals surface area (Å²) in [6.45, 7) is 5.99. The quantitative estimate of drug-likeness (QED) is 0.905. The molecule has 2 rings (SSSR count). The molecule has 1 heterocycles. The van der Waals surface area contributed by atoms with Gasteiger partial charge in [0, 0.05) is 5.41 Å². The van der Waals surface area contributed by atoms with Crippen LogP contribution in [-0.4, -0.2) is 21.3 Å². The Labute approximate surface area is 130 Å². The van der Waals surface area contributed by atoms with Crippen LogP contribution in [-0.2, 0) is 12.0 Å². The summed E-state index contributed by atoms with van der Waals surface area (Å²) in [6, 6.07) is 4.55. The number of nitrogens with zero attached hydrogens (tertiary/aromatic N) is 2. The lowest BCUT2D eigenvalue weighted by Crippen LogP contribution is -2.11. The second-order valence-electron chi connectivity index (χ2n) is 5.49. The van der Waals surface area contributed by atoms with Crippen LogP contribution in [0.25, 0.3) is 0 Å². The molecule has 112 valence electrons. The van der Waals surface area contributed by atoms with Crippen molar-refractivity contribution in [3.63, 3.8) is 0 Å². The summed E-state index contributed by atoms with van der Waals surface area (Å²) in [5.74, 6) is 0.262. The van der Waals surface area contributed by atoms with Crippen LogP contribution in [0.15, 0.2) is 27.1 Å². The third-order valence-electron chi connectivity index (χ3n) is 2.64. The molecule has 0 spiro atoms. The molecule has 0 bridgehead atoms. The van der Waals surface area contributed by atoms with Crippen LogP contribution in [0.1, 0.15) is 42.9 Å². The number of carboxylic acids is 1. The maximum Gasteiger partial charge on any atom is 0.335 e. The monoisotopic (exact) mass is 354 g/mol. The predicted molar refractivity (Wildman–Crippen MR) is 78.4 cm³/mol. The summed E-state index contributed by atoms with van der Waals surface area (Å²) in [5.41, 5.74) is -0.0798. The van der Waals surface area contributed by atoms with Gasteiger partial charge in [-0.15, -0.1) is 10.2 Å². The molecule has 21 heavy (non-hydrogen) atoms. The van der Waals surface area contributed by atoms with Crippen LogP contribution in [0.5, 0.6) is 5.75 Å². The van der Waals surface area contributed by atoms with Crippen LogP contribution in [0.3, 0.4) is 0 Å². The van der Waals surface area contributed by atoms with Crippen molar-refractivity contribution in [3.8, 4) is 5.75 Å². The van der Waals surface area contributed by atoms with Gasteiger partial charge in [0.15, 0.2) is 6.61 Å². The molecule has 0 saturated carbocycles. The molecule has 0 saturated heterocycles. The number of benzene rings is 1. The van der Waals surface area contributed by atoms with Gasteiger partial charge in [0.25, 0.3) is 5.89 Å². The molecule has 0 radical (unpaired) electrons. The standard InChI is InChI=1S/C14H15BrN2O4/c1-14(2,3)13-17-16-11(21-13)7-20-10-6-8(12(18)19)4-5-9(10)15/h4-6H,7H2,1-3H3,(H,18,19). The van der Waals surface area contributed by atoms with Crippen molar-refractivity contribution >= 4 is 21.9 Å². The Morgan fingerprint density at radius 1 is 1.38 bits per heavy atom. The Kier molecular flexibility index (Phi) is 4.32. The topological polar surface area (TPSA) is 85.5 Å². The minimum absolute atomic E-state index is 0.0742. The smallest absolute Gasteiger partial charge is 0.335 e. The van der Waals surface area contributed by atoms with Crippen LogP contribution >= 0.6 is 15.9 Å². The fraction of sp³-hybridized carbons (Fsp3) is 0.357. The Bertz CT molecular complexity index is 661. The summed E-state index contributed by atoms with van der Waals surface area (Å²) >= 11 is 3.31. The van der Waals surface area contributed by atoms with Crippen molar-refractivity contribution < 1.29 is 19.1 Å². The van der Waals surface area contributed by atoms with E-state index in [2.05, 4.69) is 26.1 Å². The molecule has 0 fully saturated rings. The highest BCUT2D eigenvalue weighted by Gasteiger charge is 2.21. The van der Waals surface area contributed by atoms with E-state index in [0.29, 0.717) is 22.0 Å². The number of aromatic nitrogens is 2. The van der Waals surface area contributed by atoms with E-state index in [1.807, 2.05) is 20.8 Å². The third kappa shape index (κ3) is 3.81. The van der Waals surface area contributed by atoms with Gasteiger partial charge >= 0.3 is 5.97 Å². The van der Waals surface area contributed by atoms with E-state index in [0.717, 1.165) is 0 Å². The lowest BCUT2D eigenvalue weighted by Gasteiger charge is -2.11. The van der Waals surface area contributed by atoms with Crippen molar-refractivity contribution in [2.24, 2.45) is 0 Å². The summed E-state index contributed by atoms with van der Waals surface area (Å²) in [5, 5.41) is 16.8. The molecule has 1 N–H and O–H groups in total. The van der Waals surface area contributed by atoms with Crippen molar-refractivity contribution in [2.75, 3.05) is 0 Å². The molecule has 0 aliphatic carbocycles. The maximum absolute atomic E-state index is 10.9. The number of ether oxygens (including phenoxy) is 1. The van der Waals surface area contributed by atoms with Crippen molar-refractivity contribution in [2.45, 2.75) is 32.8 Å². The second kappa shape index (κ2) is 5.85. The molecule has 2 aromatic rings. The van der Waals surface area contributed by atoms with Gasteiger partial charge in [-0.05, 0) is 34.1 Å². The zero-order valence-corrected chi connectivity index (χ0v) is 13.5. The Morgan fingerprint density at radius 2 is 2.10 bits per heavy atom. The number of halogens is 1. The van der Waals surface area contributed by atoms with Crippen LogP contribution in [0.4, 0.5) is 0 Å². The molecular formula is C14H15BrN2O4. The molecule has 0 atom stereocenters. The zero-order chi connectivity index (χ0) is 15.6. The number of hydrogen-bond acceptors (Lipinski definition) is 5. The van der Waals surface area contributed by atoms with Gasteiger partial charge in [-0.1, -0.05) is 20.8 Å². The predicted octanol–water partition coefficient (Wildman–Crippen LogP) is 3.41. The van der Waals surface area contributed by atoms with Gasteiger partial charge in [-0.3, -0.25) is 0 Å². The molecule has 0 aliphatic heterocycles. The van der Waals surface area contributed by atoms with E-state index < -0.39 is 5.97 Å². The van der Waals surface area contributed by atoms with Gasteiger partial charge in [-0.25, -0.2) is 4.79 Å². The number of hydrogen-bond donors (Lipinski definition) is 1. The van der Waals surface area contributed by atoms with E-state index >= 15 is 0 Å². The highest BCUT2D eigenvalue weighted by molar-refractivity contribution is 9.10. The zero-order valence-electron chi connectivity index (χ0n) is 11.9. The highest BCUT2D eigenvalue weighted by Crippen LogP contribution is 2.27. The van der Waals surface area contributed by atoms with Crippen LogP contribution in [0.2, 0.25) is 0 Å². The third-order valence-corrected chi connectivity index (χ3v) is 3.29. The summed E-state index contributed by atoms with van der Waals surface area (Å²) in [6.07, 6.45) is 0. The summed E-state index contributed by atoms with van der Waals surface area (Å²) in [4.78, 5) is 10.9. The average Bonchev–Trinajstić information content (AvgIpc) is 2.86. The minimum atomic E-state index is -1.01. The van der Waals surface area contributed by atoms with E-state index in [1.54, 1.807) is 6.07 Å². The molecule has 6 nitrogen and oxygen atoms in total. The highest BCUT2D eigenvalue weighted by atomic mass is 79.9. The number of aromatic carboxylic acids is 1. The molecular weight excluding hydrogens is 340 g/mol. The second-order valence-corrected chi connectivity index (χ2v) is 6.34. The van der Waals surface area contributed by atoms with Crippen LogP contribution < -0.4 is 4.74 Å². The van der Waals surface area contributed by atoms with E-state index in [4.69, 9.17) is 14.3 Å². The normalized spacial score (nSPS) is 11.4. The van der Waals surface area contributed by atoms with E-state index in [-0.39, 0.29) is 17.6 Å². The van der Waals surface area contributed by atoms with Gasteiger partial charge in [0.05, 0.1) is 10.0 Å². The molecule has 0 unspecified atom stereocenters. The molecule has 1 aromatic heterocycles. The van der Waals surface area contributed by atoms with Crippen LogP contribution in [0, 0.1) is 0 Å². The SMILES string of the molecule is CC(C)(C)c1nnc(COc2cc(C(=O)O)ccc2Br)o1. The van der Waals surface area contributed by atoms with Crippen molar-refractivity contribution in [1.29, 1.82) is 0 Å². The summed E-state index contributed by atoms with van der Waals surface area (Å²) in [7, 11) is 0. The molecule has 1 aromatic carbocycles. The largest absolute Gasteiger partial charge is 0.483 e. The number of rotatable bonds is 4. The Hall–Kier alpha value is -1.89. The molecule has 7 heteroatoms. The van der Waals surface area contributed by atoms with E-state index in [9.17, 15) is 4.79 Å². The fourth-order valence-electron chi connectivity index (χ4n) is 1.50. The van der Waals surface area contributed by atoms with Gasteiger partial charge in [0.2, 0.25) is 5.89 Å². The number of carbonyl (C=O) groups is 1. The Balaban J connectivity index is 2.11. The first kappa shape index (κ1) is 15.5. The first-order valence-electron chi connectivity index (χ1n) is 6.26. The Morgan fingerprint density at radius 3 is 2.67 bits per heavy atom. The van der Waals surface area contributed by atoms with Crippen molar-refractivity contribution in [3.05, 3.63) is 40.0 Å². The minimum Gasteiger partial charge on any atom is -0.483 e. The fourth-order valence-corrected chi connectivity index (χ4v) is 1.86. The lowest BCUT2D eigenvalue weighted by atomic mass is 9.97. The van der Waals surface area contributed by atoms with Gasteiger partial charge in [-0.2, -0.15) is 0 Å². The van der Waals surface area contributed by atoms with Gasteiger partial charge in [0.1, 0.15) is 5.75 Å². The average molecular weight is 355 g/mol. The molecule has 0 amide bonds. The maximum atomic E-state index is 10.9. The molecule has 0 aliphatic rings. The van der Waals surface area contributed by atoms with Crippen molar-refractivity contribution in [1.82, 2.24) is 10.2 Å². The first-order valence-corrected chi connectivity index (χ1v) is 7.05.